The van der Waals surface area contributed by atoms with Crippen molar-refractivity contribution >= 4 is 58.6 Å². The number of hydrogen-bond acceptors (Lipinski definition) is 7. The Morgan fingerprint density at radius 1 is 1.18 bits per heavy atom. The van der Waals surface area contributed by atoms with Crippen LogP contribution in [0.4, 0.5) is 18.3 Å². The van der Waals surface area contributed by atoms with Crippen molar-refractivity contribution in [3.05, 3.63) is 52.0 Å². The van der Waals surface area contributed by atoms with Gasteiger partial charge in [0.05, 0.1) is 32.8 Å². The normalized spacial score (nSPS) is 15.6. The topological polar surface area (TPSA) is 79.8 Å². The smallest absolute Gasteiger partial charge is 0.417 e. The number of aromatic nitrogens is 1. The number of thiazole rings is 1. The average molecular weight is 578 g/mol. The van der Waals surface area contributed by atoms with Gasteiger partial charge < -0.3 is 9.64 Å². The molecule has 3 aromatic rings. The Labute approximate surface area is 206 Å². The van der Waals surface area contributed by atoms with E-state index in [1.165, 1.54) is 23.5 Å². The number of carbonyl (C=O) groups excluding carboxylic acids is 1. The van der Waals surface area contributed by atoms with Gasteiger partial charge in [0, 0.05) is 30.7 Å². The summed E-state index contributed by atoms with van der Waals surface area (Å²) >= 11 is 4.77. The highest BCUT2D eigenvalue weighted by Gasteiger charge is 2.39. The number of nitrogens with zero attached hydrogens (tertiary/aromatic N) is 3. The lowest BCUT2D eigenvalue weighted by atomic mass is 10.2. The summed E-state index contributed by atoms with van der Waals surface area (Å²) in [7, 11) is -4.32. The molecule has 1 saturated heterocycles. The molecule has 1 aromatic heterocycles. The molecule has 0 bridgehead atoms. The van der Waals surface area contributed by atoms with E-state index >= 15 is 0 Å². The number of rotatable bonds is 5. The van der Waals surface area contributed by atoms with Gasteiger partial charge in [0.1, 0.15) is 0 Å². The van der Waals surface area contributed by atoms with Crippen molar-refractivity contribution in [1.82, 2.24) is 9.29 Å². The maximum atomic E-state index is 13.4. The van der Waals surface area contributed by atoms with Gasteiger partial charge in [-0.05, 0) is 47.1 Å². The number of halogens is 4. The summed E-state index contributed by atoms with van der Waals surface area (Å²) in [6.45, 7) is 2.52. The summed E-state index contributed by atoms with van der Waals surface area (Å²) in [5.74, 6) is -0.446. The molecule has 0 aliphatic carbocycles. The number of carbonyl (C=O) groups is 1. The molecule has 182 valence electrons. The lowest BCUT2D eigenvalue weighted by Crippen LogP contribution is -2.48. The van der Waals surface area contributed by atoms with Gasteiger partial charge in [-0.15, -0.1) is 0 Å². The van der Waals surface area contributed by atoms with Crippen molar-refractivity contribution in [2.75, 3.05) is 37.7 Å². The van der Waals surface area contributed by atoms with Gasteiger partial charge in [0.2, 0.25) is 10.0 Å². The van der Waals surface area contributed by atoms with E-state index in [0.29, 0.717) is 20.7 Å². The standard InChI is InChI=1S/C21H19BrF3N3O4S2/c1-2-32-19(29)13-11-15(22)18-16(12-13)33-20(26-18)27-7-9-28(10-8-27)34(30,31)17-6-4-3-5-14(17)21(23,24)25/h3-6,11-12H,2,7-10H2,1H3. The third kappa shape index (κ3) is 4.79. The van der Waals surface area contributed by atoms with Crippen LogP contribution in [-0.2, 0) is 20.9 Å². The summed E-state index contributed by atoms with van der Waals surface area (Å²) in [6.07, 6.45) is -4.78. The lowest BCUT2D eigenvalue weighted by molar-refractivity contribution is -0.139. The van der Waals surface area contributed by atoms with Gasteiger partial charge in [-0.2, -0.15) is 17.5 Å². The minimum atomic E-state index is -4.78. The predicted octanol–water partition coefficient (Wildman–Crippen LogP) is 4.77. The Kier molecular flexibility index (Phi) is 6.91. The second-order valence-electron chi connectivity index (χ2n) is 7.41. The number of ether oxygens (including phenoxy) is 1. The van der Waals surface area contributed by atoms with Gasteiger partial charge in [0.25, 0.3) is 0 Å². The van der Waals surface area contributed by atoms with Crippen LogP contribution in [-0.4, -0.2) is 56.5 Å². The Morgan fingerprint density at radius 3 is 2.50 bits per heavy atom. The number of esters is 1. The van der Waals surface area contributed by atoms with Crippen LogP contribution < -0.4 is 4.90 Å². The number of hydrogen-bond donors (Lipinski definition) is 0. The zero-order chi connectivity index (χ0) is 24.7. The third-order valence-corrected chi connectivity index (χ3v) is 8.89. The number of alkyl halides is 3. The third-order valence-electron chi connectivity index (χ3n) is 5.27. The second-order valence-corrected chi connectivity index (χ2v) is 11.2. The molecule has 0 atom stereocenters. The van der Waals surface area contributed by atoms with Crippen LogP contribution in [0.15, 0.2) is 45.8 Å². The molecular weight excluding hydrogens is 559 g/mol. The number of benzene rings is 2. The molecule has 4 rings (SSSR count). The fourth-order valence-electron chi connectivity index (χ4n) is 3.63. The number of fused-ring (bicyclic) bond motifs is 1. The van der Waals surface area contributed by atoms with E-state index in [2.05, 4.69) is 20.9 Å². The van der Waals surface area contributed by atoms with Crippen LogP contribution in [0.2, 0.25) is 0 Å². The van der Waals surface area contributed by atoms with E-state index in [9.17, 15) is 26.4 Å². The van der Waals surface area contributed by atoms with Gasteiger partial charge in [-0.1, -0.05) is 23.5 Å². The van der Waals surface area contributed by atoms with Gasteiger partial charge in [-0.25, -0.2) is 18.2 Å². The molecule has 2 heterocycles. The first-order valence-corrected chi connectivity index (χ1v) is 13.3. The largest absolute Gasteiger partial charge is 0.462 e. The van der Waals surface area contributed by atoms with Crippen LogP contribution >= 0.6 is 27.3 Å². The van der Waals surface area contributed by atoms with Crippen molar-refractivity contribution < 1.29 is 31.1 Å². The SMILES string of the molecule is CCOC(=O)c1cc(Br)c2nc(N3CCN(S(=O)(=O)c4ccccc4C(F)(F)F)CC3)sc2c1. The summed E-state index contributed by atoms with van der Waals surface area (Å²) in [4.78, 5) is 17.8. The van der Waals surface area contributed by atoms with E-state index in [-0.39, 0.29) is 32.8 Å². The molecule has 1 fully saturated rings. The zero-order valence-corrected chi connectivity index (χ0v) is 21.0. The molecule has 2 aromatic carbocycles. The first kappa shape index (κ1) is 24.9. The van der Waals surface area contributed by atoms with E-state index in [1.807, 2.05) is 4.90 Å². The summed E-state index contributed by atoms with van der Waals surface area (Å²) in [5, 5.41) is 0.629. The number of piperazine rings is 1. The molecule has 0 spiro atoms. The van der Waals surface area contributed by atoms with E-state index in [1.54, 1.807) is 19.1 Å². The molecule has 0 amide bonds. The maximum absolute atomic E-state index is 13.4. The van der Waals surface area contributed by atoms with Crippen molar-refractivity contribution in [1.29, 1.82) is 0 Å². The van der Waals surface area contributed by atoms with Crippen LogP contribution in [0.3, 0.4) is 0 Å². The van der Waals surface area contributed by atoms with Crippen molar-refractivity contribution in [3.8, 4) is 0 Å². The van der Waals surface area contributed by atoms with E-state index in [0.717, 1.165) is 21.1 Å². The molecule has 0 saturated carbocycles. The fourth-order valence-corrected chi connectivity index (χ4v) is 7.03. The summed E-state index contributed by atoms with van der Waals surface area (Å²) in [5.41, 5.74) is -0.135. The minimum absolute atomic E-state index is 0.0136. The molecule has 34 heavy (non-hydrogen) atoms. The maximum Gasteiger partial charge on any atom is 0.417 e. The van der Waals surface area contributed by atoms with E-state index < -0.39 is 32.6 Å². The zero-order valence-electron chi connectivity index (χ0n) is 17.8. The molecule has 0 unspecified atom stereocenters. The fraction of sp³-hybridized carbons (Fsp3) is 0.333. The molecular formula is C21H19BrF3N3O4S2. The van der Waals surface area contributed by atoms with Gasteiger partial charge in [-0.3, -0.25) is 0 Å². The van der Waals surface area contributed by atoms with Crippen LogP contribution in [0.1, 0.15) is 22.8 Å². The molecule has 1 aliphatic rings. The Morgan fingerprint density at radius 2 is 1.85 bits per heavy atom. The quantitative estimate of drug-likeness (QED) is 0.407. The summed E-state index contributed by atoms with van der Waals surface area (Å²) < 4.78 is 73.5. The first-order chi connectivity index (χ1) is 16.0. The number of anilines is 1. The predicted molar refractivity (Wildman–Crippen MR) is 126 cm³/mol. The van der Waals surface area contributed by atoms with Crippen molar-refractivity contribution in [3.63, 3.8) is 0 Å². The highest BCUT2D eigenvalue weighted by Crippen LogP contribution is 2.37. The van der Waals surface area contributed by atoms with Crippen molar-refractivity contribution in [2.24, 2.45) is 0 Å². The van der Waals surface area contributed by atoms with Crippen LogP contribution in [0.5, 0.6) is 0 Å². The molecule has 1 aliphatic heterocycles. The summed E-state index contributed by atoms with van der Waals surface area (Å²) in [6, 6.07) is 7.52. The average Bonchev–Trinajstić information content (AvgIpc) is 3.24. The van der Waals surface area contributed by atoms with Crippen LogP contribution in [0, 0.1) is 0 Å². The minimum Gasteiger partial charge on any atom is -0.462 e. The van der Waals surface area contributed by atoms with Crippen LogP contribution in [0.25, 0.3) is 10.2 Å². The van der Waals surface area contributed by atoms with E-state index in [4.69, 9.17) is 4.74 Å². The molecule has 13 heteroatoms. The highest BCUT2D eigenvalue weighted by molar-refractivity contribution is 9.10. The molecule has 0 N–H and O–H groups in total. The number of sulfonamides is 1. The Balaban J connectivity index is 1.54. The van der Waals surface area contributed by atoms with Gasteiger partial charge in [0.15, 0.2) is 5.13 Å². The second kappa shape index (κ2) is 9.44. The Bertz CT molecular complexity index is 1340. The molecule has 7 nitrogen and oxygen atoms in total. The van der Waals surface area contributed by atoms with Crippen molar-refractivity contribution in [2.45, 2.75) is 18.0 Å². The highest BCUT2D eigenvalue weighted by atomic mass is 79.9. The van der Waals surface area contributed by atoms with Gasteiger partial charge >= 0.3 is 12.1 Å². The first-order valence-electron chi connectivity index (χ1n) is 10.2. The monoisotopic (exact) mass is 577 g/mol. The molecule has 0 radical (unpaired) electrons. The lowest BCUT2D eigenvalue weighted by Gasteiger charge is -2.34. The Hall–Kier alpha value is -2.22.